The molecule has 0 radical (unpaired) electrons. The highest BCUT2D eigenvalue weighted by molar-refractivity contribution is 7.89. The van der Waals surface area contributed by atoms with Crippen molar-refractivity contribution in [3.05, 3.63) is 82.4 Å². The molecule has 1 aliphatic rings. The molecule has 0 spiro atoms. The van der Waals surface area contributed by atoms with E-state index in [1.54, 1.807) is 26.3 Å². The lowest BCUT2D eigenvalue weighted by Crippen LogP contribution is -2.49. The monoisotopic (exact) mass is 604 g/mol. The fourth-order valence-corrected chi connectivity index (χ4v) is 8.31. The van der Waals surface area contributed by atoms with Crippen molar-refractivity contribution < 1.29 is 17.9 Å². The van der Waals surface area contributed by atoms with Crippen LogP contribution in [-0.4, -0.2) is 66.5 Å². The molecule has 42 heavy (non-hydrogen) atoms. The molecule has 6 rings (SSSR count). The Labute approximate surface area is 246 Å². The summed E-state index contributed by atoms with van der Waals surface area (Å²) in [5.41, 5.74) is 1.60. The van der Waals surface area contributed by atoms with Crippen molar-refractivity contribution in [1.82, 2.24) is 18.8 Å². The fraction of sp³-hybridized carbons (Fsp3) is 0.241. The molecular weight excluding hydrogens is 576 g/mol. The maximum absolute atomic E-state index is 13.9. The SMILES string of the molecule is COc1ccccc1N1CCN(S(=O)(=O)c2c(C)sc3ncn(CC(=O)Nc4cnc5ccccc5c4)c(=O)c23)CC1. The predicted octanol–water partition coefficient (Wildman–Crippen LogP) is 3.47. The summed E-state index contributed by atoms with van der Waals surface area (Å²) in [5.74, 6) is 0.264. The lowest BCUT2D eigenvalue weighted by atomic mass is 10.2. The summed E-state index contributed by atoms with van der Waals surface area (Å²) in [6.45, 7) is 2.76. The quantitative estimate of drug-likeness (QED) is 0.299. The second kappa shape index (κ2) is 11.2. The molecule has 2 aromatic carbocycles. The van der Waals surface area contributed by atoms with Crippen LogP contribution in [0.2, 0.25) is 0 Å². The van der Waals surface area contributed by atoms with Gasteiger partial charge in [0.25, 0.3) is 5.56 Å². The number of nitrogens with zero attached hydrogens (tertiary/aromatic N) is 5. The van der Waals surface area contributed by atoms with E-state index in [0.717, 1.165) is 38.2 Å². The number of thiophene rings is 1. The van der Waals surface area contributed by atoms with Gasteiger partial charge in [-0.2, -0.15) is 4.31 Å². The molecule has 1 amide bonds. The van der Waals surface area contributed by atoms with E-state index in [1.165, 1.54) is 10.6 Å². The van der Waals surface area contributed by atoms with Crippen molar-refractivity contribution in [3.63, 3.8) is 0 Å². The van der Waals surface area contributed by atoms with Crippen LogP contribution in [0.25, 0.3) is 21.1 Å². The molecule has 0 unspecified atom stereocenters. The Morgan fingerprint density at radius 1 is 1.05 bits per heavy atom. The fourth-order valence-electron chi connectivity index (χ4n) is 5.22. The summed E-state index contributed by atoms with van der Waals surface area (Å²) in [4.78, 5) is 38.0. The highest BCUT2D eigenvalue weighted by Crippen LogP contribution is 2.34. The van der Waals surface area contributed by atoms with Crippen molar-refractivity contribution in [2.75, 3.05) is 43.5 Å². The van der Waals surface area contributed by atoms with E-state index >= 15 is 0 Å². The van der Waals surface area contributed by atoms with Gasteiger partial charge in [-0.15, -0.1) is 11.3 Å². The van der Waals surface area contributed by atoms with E-state index in [4.69, 9.17) is 4.74 Å². The minimum Gasteiger partial charge on any atom is -0.495 e. The number of anilines is 2. The molecule has 11 nitrogen and oxygen atoms in total. The van der Waals surface area contributed by atoms with Crippen LogP contribution < -0.4 is 20.5 Å². The Bertz CT molecular complexity index is 1980. The van der Waals surface area contributed by atoms with Gasteiger partial charge in [0.1, 0.15) is 22.0 Å². The van der Waals surface area contributed by atoms with Crippen LogP contribution in [0.4, 0.5) is 11.4 Å². The number of hydrogen-bond donors (Lipinski definition) is 1. The Morgan fingerprint density at radius 3 is 2.57 bits per heavy atom. The van der Waals surface area contributed by atoms with Crippen molar-refractivity contribution >= 4 is 59.8 Å². The molecule has 3 aromatic heterocycles. The van der Waals surface area contributed by atoms with Gasteiger partial charge in [0, 0.05) is 36.4 Å². The highest BCUT2D eigenvalue weighted by Gasteiger charge is 2.34. The van der Waals surface area contributed by atoms with Gasteiger partial charge in [0.2, 0.25) is 15.9 Å². The summed E-state index contributed by atoms with van der Waals surface area (Å²) in [6.07, 6.45) is 2.83. The smallest absolute Gasteiger partial charge is 0.263 e. The summed E-state index contributed by atoms with van der Waals surface area (Å²) in [7, 11) is -2.40. The lowest BCUT2D eigenvalue weighted by Gasteiger charge is -2.35. The number of nitrogens with one attached hydrogen (secondary N) is 1. The second-order valence-electron chi connectivity index (χ2n) is 9.87. The normalized spacial score (nSPS) is 14.4. The minimum absolute atomic E-state index is 0.00679. The zero-order chi connectivity index (χ0) is 29.4. The average Bonchev–Trinajstić information content (AvgIpc) is 3.36. The van der Waals surface area contributed by atoms with Crippen molar-refractivity contribution in [2.24, 2.45) is 0 Å². The first-order chi connectivity index (χ1) is 20.3. The van der Waals surface area contributed by atoms with Crippen LogP contribution in [0.3, 0.4) is 0 Å². The molecule has 216 valence electrons. The number of ether oxygens (including phenoxy) is 1. The topological polar surface area (TPSA) is 127 Å². The van der Waals surface area contributed by atoms with Gasteiger partial charge in [-0.25, -0.2) is 13.4 Å². The van der Waals surface area contributed by atoms with Crippen LogP contribution in [-0.2, 0) is 21.4 Å². The Kier molecular flexibility index (Phi) is 7.39. The number of benzene rings is 2. The number of aromatic nitrogens is 3. The Hall–Kier alpha value is -4.33. The van der Waals surface area contributed by atoms with E-state index in [0.29, 0.717) is 28.5 Å². The zero-order valence-corrected chi connectivity index (χ0v) is 24.6. The summed E-state index contributed by atoms with van der Waals surface area (Å²) in [6, 6.07) is 16.9. The van der Waals surface area contributed by atoms with E-state index in [1.807, 2.05) is 48.5 Å². The van der Waals surface area contributed by atoms with Gasteiger partial charge < -0.3 is 15.0 Å². The molecule has 13 heteroatoms. The molecule has 5 aromatic rings. The number of amides is 1. The number of para-hydroxylation sites is 3. The Balaban J connectivity index is 1.24. The van der Waals surface area contributed by atoms with E-state index < -0.39 is 21.5 Å². The van der Waals surface area contributed by atoms with Gasteiger partial charge in [0.15, 0.2) is 0 Å². The number of fused-ring (bicyclic) bond motifs is 2. The molecule has 0 saturated carbocycles. The van der Waals surface area contributed by atoms with Crippen LogP contribution in [0.15, 0.2) is 76.8 Å². The first-order valence-electron chi connectivity index (χ1n) is 13.3. The van der Waals surface area contributed by atoms with E-state index in [9.17, 15) is 18.0 Å². The van der Waals surface area contributed by atoms with Gasteiger partial charge in [-0.1, -0.05) is 30.3 Å². The highest BCUT2D eigenvalue weighted by atomic mass is 32.2. The van der Waals surface area contributed by atoms with Gasteiger partial charge in [-0.05, 0) is 31.2 Å². The maximum Gasteiger partial charge on any atom is 0.263 e. The molecule has 1 N–H and O–H groups in total. The summed E-state index contributed by atoms with van der Waals surface area (Å²) >= 11 is 1.15. The maximum atomic E-state index is 13.9. The summed E-state index contributed by atoms with van der Waals surface area (Å²) in [5, 5.41) is 3.63. The lowest BCUT2D eigenvalue weighted by molar-refractivity contribution is -0.116. The predicted molar refractivity (Wildman–Crippen MR) is 163 cm³/mol. The third kappa shape index (κ3) is 5.10. The van der Waals surface area contributed by atoms with Gasteiger partial charge >= 0.3 is 0 Å². The number of aryl methyl sites for hydroxylation is 1. The largest absolute Gasteiger partial charge is 0.495 e. The third-order valence-corrected chi connectivity index (χ3v) is 10.5. The first kappa shape index (κ1) is 27.8. The third-order valence-electron chi connectivity index (χ3n) is 7.25. The summed E-state index contributed by atoms with van der Waals surface area (Å²) < 4.78 is 35.8. The number of pyridine rings is 1. The molecule has 4 heterocycles. The molecule has 1 fully saturated rings. The number of carbonyl (C=O) groups is 1. The Morgan fingerprint density at radius 2 is 1.79 bits per heavy atom. The number of methoxy groups -OCH3 is 1. The number of rotatable bonds is 7. The average molecular weight is 605 g/mol. The molecule has 0 bridgehead atoms. The number of hydrogen-bond acceptors (Lipinski definition) is 9. The molecular formula is C29H28N6O5S2. The second-order valence-corrected chi connectivity index (χ2v) is 13.0. The molecule has 1 aliphatic heterocycles. The molecule has 0 atom stereocenters. The van der Waals surface area contributed by atoms with E-state index in [2.05, 4.69) is 20.2 Å². The van der Waals surface area contributed by atoms with Gasteiger partial charge in [-0.3, -0.25) is 19.1 Å². The number of piperazine rings is 1. The van der Waals surface area contributed by atoms with Crippen LogP contribution >= 0.6 is 11.3 Å². The molecule has 0 aliphatic carbocycles. The number of carbonyl (C=O) groups excluding carboxylic acids is 1. The van der Waals surface area contributed by atoms with Crippen LogP contribution in [0.5, 0.6) is 5.75 Å². The first-order valence-corrected chi connectivity index (χ1v) is 15.5. The van der Waals surface area contributed by atoms with Crippen LogP contribution in [0, 0.1) is 6.92 Å². The standard InChI is InChI=1S/C29H28N6O5S2/c1-19-27(42(38,39)35-13-11-33(12-14-35)23-9-5-6-10-24(23)40-2)26-28(41-19)31-18-34(29(26)37)17-25(36)32-21-15-20-7-3-4-8-22(20)30-16-21/h3-10,15-16,18H,11-14,17H2,1-2H3,(H,32,36). The van der Waals surface area contributed by atoms with E-state index in [-0.39, 0.29) is 29.9 Å². The van der Waals surface area contributed by atoms with Crippen molar-refractivity contribution in [3.8, 4) is 5.75 Å². The van der Waals surface area contributed by atoms with Crippen molar-refractivity contribution in [1.29, 1.82) is 0 Å². The number of sulfonamides is 1. The zero-order valence-electron chi connectivity index (χ0n) is 23.0. The van der Waals surface area contributed by atoms with Crippen molar-refractivity contribution in [2.45, 2.75) is 18.4 Å². The minimum atomic E-state index is -4.01. The van der Waals surface area contributed by atoms with Crippen LogP contribution in [0.1, 0.15) is 4.88 Å². The molecule has 1 saturated heterocycles. The van der Waals surface area contributed by atoms with Gasteiger partial charge in [0.05, 0.1) is 41.9 Å².